The molecule has 0 atom stereocenters. The highest BCUT2D eigenvalue weighted by Crippen LogP contribution is 2.17. The minimum absolute atomic E-state index is 0.296. The van der Waals surface area contributed by atoms with Gasteiger partial charge in [0, 0.05) is 0 Å². The Balaban J connectivity index is 1.61. The van der Waals surface area contributed by atoms with Crippen LogP contribution in [0.5, 0.6) is 5.75 Å². The van der Waals surface area contributed by atoms with Gasteiger partial charge in [-0.2, -0.15) is 0 Å². The van der Waals surface area contributed by atoms with Crippen LogP contribution in [0.1, 0.15) is 32.6 Å². The maximum atomic E-state index is 11.5. The Labute approximate surface area is 166 Å². The lowest BCUT2D eigenvalue weighted by Gasteiger charge is -2.10. The molecule has 3 aromatic carbocycles. The molecule has 0 radical (unpaired) electrons. The molecule has 0 bridgehead atoms. The lowest BCUT2D eigenvalue weighted by atomic mass is 9.95. The van der Waals surface area contributed by atoms with Gasteiger partial charge in [-0.1, -0.05) is 48.5 Å². The van der Waals surface area contributed by atoms with Crippen molar-refractivity contribution in [2.45, 2.75) is 25.7 Å². The van der Waals surface area contributed by atoms with Crippen molar-refractivity contribution in [2.75, 3.05) is 14.2 Å². The number of carbonyl (C=O) groups excluding carboxylic acids is 1. The van der Waals surface area contributed by atoms with E-state index in [0.717, 1.165) is 31.4 Å². The molecule has 0 fully saturated rings. The fraction of sp³-hybridized carbons (Fsp3) is 0.240. The van der Waals surface area contributed by atoms with E-state index in [2.05, 4.69) is 36.4 Å². The predicted octanol–water partition coefficient (Wildman–Crippen LogP) is 5.05. The van der Waals surface area contributed by atoms with Crippen LogP contribution in [0, 0.1) is 0 Å². The second-order valence-electron chi connectivity index (χ2n) is 6.81. The molecule has 0 aliphatic heterocycles. The highest BCUT2D eigenvalue weighted by atomic mass is 16.5. The van der Waals surface area contributed by atoms with Gasteiger partial charge in [0.05, 0.1) is 19.8 Å². The molecule has 28 heavy (non-hydrogen) atoms. The number of benzene rings is 3. The summed E-state index contributed by atoms with van der Waals surface area (Å²) in [6, 6.07) is 24.6. The molecule has 0 unspecified atom stereocenters. The van der Waals surface area contributed by atoms with E-state index in [9.17, 15) is 4.79 Å². The van der Waals surface area contributed by atoms with E-state index in [1.807, 2.05) is 36.4 Å². The molecule has 3 nitrogen and oxygen atoms in total. The summed E-state index contributed by atoms with van der Waals surface area (Å²) in [5, 5.41) is 0. The van der Waals surface area contributed by atoms with Crippen LogP contribution < -0.4 is 4.74 Å². The first-order chi connectivity index (χ1) is 13.7. The fourth-order valence-corrected chi connectivity index (χ4v) is 3.32. The van der Waals surface area contributed by atoms with Crippen LogP contribution in [0.4, 0.5) is 0 Å². The zero-order valence-corrected chi connectivity index (χ0v) is 16.5. The average molecular weight is 374 g/mol. The van der Waals surface area contributed by atoms with Crippen LogP contribution in [0.15, 0.2) is 72.8 Å². The van der Waals surface area contributed by atoms with Gasteiger partial charge in [0.2, 0.25) is 0 Å². The van der Waals surface area contributed by atoms with E-state index in [-0.39, 0.29) is 5.97 Å². The smallest absolute Gasteiger partial charge is 0.337 e. The SMILES string of the molecule is COC(=O)c1ccc(CCc2ccccc2CCc2ccc(OC)cc2)cc1. The lowest BCUT2D eigenvalue weighted by Crippen LogP contribution is -2.02. The summed E-state index contributed by atoms with van der Waals surface area (Å²) in [5.41, 5.74) is 5.90. The molecule has 0 heterocycles. The number of esters is 1. The van der Waals surface area contributed by atoms with Gasteiger partial charge in [0.15, 0.2) is 0 Å². The molecule has 0 spiro atoms. The number of rotatable bonds is 8. The monoisotopic (exact) mass is 374 g/mol. The third-order valence-electron chi connectivity index (χ3n) is 5.02. The van der Waals surface area contributed by atoms with Crippen molar-refractivity contribution >= 4 is 5.97 Å². The van der Waals surface area contributed by atoms with E-state index >= 15 is 0 Å². The average Bonchev–Trinajstić information content (AvgIpc) is 2.77. The van der Waals surface area contributed by atoms with E-state index in [0.29, 0.717) is 5.56 Å². The highest BCUT2D eigenvalue weighted by molar-refractivity contribution is 5.89. The van der Waals surface area contributed by atoms with Crippen LogP contribution in [0.3, 0.4) is 0 Å². The molecule has 0 aliphatic carbocycles. The molecule has 3 heteroatoms. The van der Waals surface area contributed by atoms with Gasteiger partial charge in [0.25, 0.3) is 0 Å². The molecule has 0 amide bonds. The Hall–Kier alpha value is -3.07. The Morgan fingerprint density at radius 1 is 0.679 bits per heavy atom. The molecule has 0 aromatic heterocycles. The molecule has 3 rings (SSSR count). The normalized spacial score (nSPS) is 10.5. The quantitative estimate of drug-likeness (QED) is 0.518. The van der Waals surface area contributed by atoms with Crippen molar-refractivity contribution in [2.24, 2.45) is 0 Å². The summed E-state index contributed by atoms with van der Waals surface area (Å²) < 4.78 is 9.98. The molecule has 0 aliphatic rings. The van der Waals surface area contributed by atoms with Gasteiger partial charge in [0.1, 0.15) is 5.75 Å². The summed E-state index contributed by atoms with van der Waals surface area (Å²) in [5.74, 6) is 0.595. The molecular weight excluding hydrogens is 348 g/mol. The topological polar surface area (TPSA) is 35.5 Å². The zero-order chi connectivity index (χ0) is 19.8. The van der Waals surface area contributed by atoms with Gasteiger partial charge < -0.3 is 9.47 Å². The second kappa shape index (κ2) is 9.75. The first-order valence-electron chi connectivity index (χ1n) is 9.56. The van der Waals surface area contributed by atoms with Crippen molar-refractivity contribution in [3.05, 3.63) is 101 Å². The highest BCUT2D eigenvalue weighted by Gasteiger charge is 2.06. The van der Waals surface area contributed by atoms with E-state index in [1.54, 1.807) is 7.11 Å². The first kappa shape index (κ1) is 19.7. The molecular formula is C25H26O3. The molecule has 0 saturated carbocycles. The van der Waals surface area contributed by atoms with E-state index < -0.39 is 0 Å². The van der Waals surface area contributed by atoms with Crippen molar-refractivity contribution in [1.29, 1.82) is 0 Å². The van der Waals surface area contributed by atoms with Gasteiger partial charge in [-0.3, -0.25) is 0 Å². The third kappa shape index (κ3) is 5.23. The number of aryl methyl sites for hydroxylation is 4. The summed E-state index contributed by atoms with van der Waals surface area (Å²) in [6.45, 7) is 0. The van der Waals surface area contributed by atoms with E-state index in [1.165, 1.54) is 29.4 Å². The Kier molecular flexibility index (Phi) is 6.85. The maximum absolute atomic E-state index is 11.5. The van der Waals surface area contributed by atoms with Crippen LogP contribution >= 0.6 is 0 Å². The minimum Gasteiger partial charge on any atom is -0.497 e. The van der Waals surface area contributed by atoms with E-state index in [4.69, 9.17) is 9.47 Å². The van der Waals surface area contributed by atoms with Crippen LogP contribution in [-0.2, 0) is 30.4 Å². The molecule has 144 valence electrons. The molecule has 0 N–H and O–H groups in total. The Bertz CT molecular complexity index is 896. The van der Waals surface area contributed by atoms with Crippen LogP contribution in [-0.4, -0.2) is 20.2 Å². The van der Waals surface area contributed by atoms with Crippen molar-refractivity contribution in [3.8, 4) is 5.75 Å². The second-order valence-corrected chi connectivity index (χ2v) is 6.81. The first-order valence-corrected chi connectivity index (χ1v) is 9.56. The summed E-state index contributed by atoms with van der Waals surface area (Å²) >= 11 is 0. The fourth-order valence-electron chi connectivity index (χ4n) is 3.32. The van der Waals surface area contributed by atoms with Crippen LogP contribution in [0.25, 0.3) is 0 Å². The van der Waals surface area contributed by atoms with Gasteiger partial charge in [-0.05, 0) is 72.2 Å². The lowest BCUT2D eigenvalue weighted by molar-refractivity contribution is 0.0600. The molecule has 0 saturated heterocycles. The van der Waals surface area contributed by atoms with Crippen molar-refractivity contribution in [1.82, 2.24) is 0 Å². The maximum Gasteiger partial charge on any atom is 0.337 e. The number of hydrogen-bond donors (Lipinski definition) is 0. The predicted molar refractivity (Wildman–Crippen MR) is 112 cm³/mol. The summed E-state index contributed by atoms with van der Waals surface area (Å²) in [4.78, 5) is 11.5. The number of hydrogen-bond acceptors (Lipinski definition) is 3. The van der Waals surface area contributed by atoms with Crippen LogP contribution in [0.2, 0.25) is 0 Å². The minimum atomic E-state index is -0.296. The number of ether oxygens (including phenoxy) is 2. The Morgan fingerprint density at radius 2 is 1.18 bits per heavy atom. The summed E-state index contributed by atoms with van der Waals surface area (Å²) in [6.07, 6.45) is 3.95. The van der Waals surface area contributed by atoms with Crippen molar-refractivity contribution in [3.63, 3.8) is 0 Å². The van der Waals surface area contributed by atoms with Gasteiger partial charge in [-0.15, -0.1) is 0 Å². The van der Waals surface area contributed by atoms with Gasteiger partial charge >= 0.3 is 5.97 Å². The van der Waals surface area contributed by atoms with Gasteiger partial charge in [-0.25, -0.2) is 4.79 Å². The number of methoxy groups -OCH3 is 2. The zero-order valence-electron chi connectivity index (χ0n) is 16.5. The summed E-state index contributed by atoms with van der Waals surface area (Å²) in [7, 11) is 3.09. The third-order valence-corrected chi connectivity index (χ3v) is 5.02. The standard InChI is InChI=1S/C25H26O3/c1-27-24-17-11-20(12-18-24)8-14-22-6-4-3-5-21(22)13-7-19-9-15-23(16-10-19)25(26)28-2/h3-6,9-12,15-18H,7-8,13-14H2,1-2H3. The Morgan fingerprint density at radius 3 is 1.64 bits per heavy atom. The largest absolute Gasteiger partial charge is 0.497 e. The number of carbonyl (C=O) groups is 1. The van der Waals surface area contributed by atoms with Crippen molar-refractivity contribution < 1.29 is 14.3 Å². The molecule has 3 aromatic rings.